The molecule has 1 aliphatic heterocycles. The first-order valence-corrected chi connectivity index (χ1v) is 11.6. The third-order valence-electron chi connectivity index (χ3n) is 5.70. The van der Waals surface area contributed by atoms with Crippen molar-refractivity contribution < 1.29 is 19.0 Å². The molecule has 0 atom stereocenters. The summed E-state index contributed by atoms with van der Waals surface area (Å²) in [5, 5.41) is 8.66. The molecule has 1 amide bonds. The number of anilines is 1. The molecule has 0 unspecified atom stereocenters. The first kappa shape index (κ1) is 23.7. The topological polar surface area (TPSA) is 104 Å². The molecule has 1 saturated heterocycles. The van der Waals surface area contributed by atoms with Gasteiger partial charge in [0.1, 0.15) is 17.8 Å². The largest absolute Gasteiger partial charge is 0.474 e. The Labute approximate surface area is 199 Å². The molecule has 0 radical (unpaired) electrons. The number of rotatable bonds is 8. The van der Waals surface area contributed by atoms with Gasteiger partial charge in [-0.3, -0.25) is 0 Å². The lowest BCUT2D eigenvalue weighted by molar-refractivity contribution is 0.0511. The van der Waals surface area contributed by atoms with E-state index in [0.29, 0.717) is 44.1 Å². The number of aryl methyl sites for hydroxylation is 1. The average Bonchev–Trinajstić information content (AvgIpc) is 3.24. The Balaban J connectivity index is 1.46. The second-order valence-electron chi connectivity index (χ2n) is 8.63. The molecule has 0 saturated carbocycles. The minimum Gasteiger partial charge on any atom is -0.474 e. The number of fused-ring (bicyclic) bond motifs is 1. The summed E-state index contributed by atoms with van der Waals surface area (Å²) in [6.45, 7) is 8.31. The summed E-state index contributed by atoms with van der Waals surface area (Å²) in [6, 6.07) is 6.11. The highest BCUT2D eigenvalue weighted by molar-refractivity contribution is 5.81. The van der Waals surface area contributed by atoms with Crippen LogP contribution in [0.1, 0.15) is 32.3 Å². The zero-order valence-corrected chi connectivity index (χ0v) is 20.2. The van der Waals surface area contributed by atoms with Gasteiger partial charge >= 0.3 is 6.09 Å². The monoisotopic (exact) mass is 468 g/mol. The number of nitrogens with one attached hydrogen (secondary N) is 1. The third-order valence-corrected chi connectivity index (χ3v) is 5.70. The minimum atomic E-state index is -0.269. The van der Waals surface area contributed by atoms with Gasteiger partial charge in [0.15, 0.2) is 5.65 Å². The Bertz CT molecular complexity index is 1120. The van der Waals surface area contributed by atoms with Gasteiger partial charge in [0, 0.05) is 45.3 Å². The maximum Gasteiger partial charge on any atom is 0.410 e. The zero-order chi connectivity index (χ0) is 24.1. The quantitative estimate of drug-likeness (QED) is 0.501. The maximum atomic E-state index is 12.1. The van der Waals surface area contributed by atoms with E-state index in [-0.39, 0.29) is 18.3 Å². The van der Waals surface area contributed by atoms with E-state index >= 15 is 0 Å². The molecule has 0 spiro atoms. The number of ether oxygens (including phenoxy) is 3. The fraction of sp³-hybridized carbons (Fsp3) is 0.500. The van der Waals surface area contributed by atoms with Gasteiger partial charge in [-0.1, -0.05) is 0 Å². The molecule has 10 nitrogen and oxygen atoms in total. The van der Waals surface area contributed by atoms with Gasteiger partial charge < -0.3 is 24.4 Å². The van der Waals surface area contributed by atoms with Crippen LogP contribution in [0, 0.1) is 6.92 Å². The smallest absolute Gasteiger partial charge is 0.410 e. The fourth-order valence-corrected chi connectivity index (χ4v) is 3.98. The van der Waals surface area contributed by atoms with Crippen molar-refractivity contribution >= 4 is 22.8 Å². The fourth-order valence-electron chi connectivity index (χ4n) is 3.98. The standard InChI is InChI=1S/C24H32N6O4/c1-16(2)33-24(31)29-10-7-19(8-11-29)34-23-20-14-28-30(22(20)26-15-27-23)21-6-5-18(13-17(21)3)25-9-12-32-4/h5-6,13-16,19,25H,7-12H2,1-4H3. The Hall–Kier alpha value is -3.40. The van der Waals surface area contributed by atoms with Crippen LogP contribution >= 0.6 is 0 Å². The summed E-state index contributed by atoms with van der Waals surface area (Å²) in [5.74, 6) is 0.509. The number of hydrogen-bond acceptors (Lipinski definition) is 8. The van der Waals surface area contributed by atoms with Crippen LogP contribution in [-0.2, 0) is 9.47 Å². The lowest BCUT2D eigenvalue weighted by Gasteiger charge is -2.31. The number of piperidine rings is 1. The Morgan fingerprint density at radius 3 is 2.74 bits per heavy atom. The number of methoxy groups -OCH3 is 1. The normalized spacial score (nSPS) is 14.6. The van der Waals surface area contributed by atoms with Crippen molar-refractivity contribution in [3.8, 4) is 11.6 Å². The van der Waals surface area contributed by atoms with Gasteiger partial charge in [-0.15, -0.1) is 0 Å². The molecular formula is C24H32N6O4. The summed E-state index contributed by atoms with van der Waals surface area (Å²) < 4.78 is 18.4. The van der Waals surface area contributed by atoms with Crippen molar-refractivity contribution in [1.82, 2.24) is 24.6 Å². The molecule has 1 aromatic carbocycles. The molecule has 34 heavy (non-hydrogen) atoms. The molecule has 0 aliphatic carbocycles. The van der Waals surface area contributed by atoms with E-state index < -0.39 is 0 Å². The van der Waals surface area contributed by atoms with Gasteiger partial charge in [0.25, 0.3) is 0 Å². The van der Waals surface area contributed by atoms with Crippen LogP contribution < -0.4 is 10.1 Å². The zero-order valence-electron chi connectivity index (χ0n) is 20.2. The van der Waals surface area contributed by atoms with Crippen molar-refractivity contribution in [2.75, 3.05) is 38.7 Å². The minimum absolute atomic E-state index is 0.0382. The van der Waals surface area contributed by atoms with E-state index in [2.05, 4.69) is 26.4 Å². The van der Waals surface area contributed by atoms with Crippen LogP contribution in [0.5, 0.6) is 5.88 Å². The molecular weight excluding hydrogens is 436 g/mol. The van der Waals surface area contributed by atoms with Crippen molar-refractivity contribution in [2.24, 2.45) is 0 Å². The molecule has 3 aromatic rings. The van der Waals surface area contributed by atoms with Crippen molar-refractivity contribution in [1.29, 1.82) is 0 Å². The lowest BCUT2D eigenvalue weighted by atomic mass is 10.1. The van der Waals surface area contributed by atoms with E-state index in [0.717, 1.165) is 28.9 Å². The Morgan fingerprint density at radius 1 is 1.24 bits per heavy atom. The summed E-state index contributed by atoms with van der Waals surface area (Å²) in [6.07, 6.45) is 4.23. The third kappa shape index (κ3) is 5.39. The van der Waals surface area contributed by atoms with Gasteiger partial charge in [0.05, 0.1) is 24.6 Å². The number of aromatic nitrogens is 4. The number of carbonyl (C=O) groups is 1. The molecule has 10 heteroatoms. The predicted octanol–water partition coefficient (Wildman–Crippen LogP) is 3.57. The molecule has 0 bridgehead atoms. The van der Waals surface area contributed by atoms with E-state index in [1.807, 2.05) is 37.6 Å². The summed E-state index contributed by atoms with van der Waals surface area (Å²) in [4.78, 5) is 22.7. The first-order valence-electron chi connectivity index (χ1n) is 11.6. The first-order chi connectivity index (χ1) is 16.5. The van der Waals surface area contributed by atoms with Crippen molar-refractivity contribution in [3.63, 3.8) is 0 Å². The molecule has 4 rings (SSSR count). The number of nitrogens with zero attached hydrogens (tertiary/aromatic N) is 5. The van der Waals surface area contributed by atoms with Crippen LogP contribution in [0.15, 0.2) is 30.7 Å². The highest BCUT2D eigenvalue weighted by Crippen LogP contribution is 2.28. The van der Waals surface area contributed by atoms with Crippen LogP contribution in [0.25, 0.3) is 16.7 Å². The average molecular weight is 469 g/mol. The number of amides is 1. The van der Waals surface area contributed by atoms with Crippen LogP contribution in [-0.4, -0.2) is 76.3 Å². The van der Waals surface area contributed by atoms with Gasteiger partial charge in [-0.2, -0.15) is 5.10 Å². The molecule has 3 heterocycles. The van der Waals surface area contributed by atoms with Gasteiger partial charge in [0.2, 0.25) is 5.88 Å². The van der Waals surface area contributed by atoms with Crippen LogP contribution in [0.3, 0.4) is 0 Å². The SMILES string of the molecule is COCCNc1ccc(-n2ncc3c(OC4CCN(C(=O)OC(C)C)CC4)ncnc32)c(C)c1. The highest BCUT2D eigenvalue weighted by atomic mass is 16.6. The van der Waals surface area contributed by atoms with Gasteiger partial charge in [-0.05, 0) is 44.5 Å². The van der Waals surface area contributed by atoms with Crippen molar-refractivity contribution in [3.05, 3.63) is 36.3 Å². The lowest BCUT2D eigenvalue weighted by Crippen LogP contribution is -2.42. The number of hydrogen-bond donors (Lipinski definition) is 1. The second-order valence-corrected chi connectivity index (χ2v) is 8.63. The van der Waals surface area contributed by atoms with Gasteiger partial charge in [-0.25, -0.2) is 19.4 Å². The number of carbonyl (C=O) groups excluding carboxylic acids is 1. The second kappa shape index (κ2) is 10.7. The molecule has 2 aromatic heterocycles. The van der Waals surface area contributed by atoms with Crippen LogP contribution in [0.2, 0.25) is 0 Å². The Kier molecular flexibility index (Phi) is 7.46. The van der Waals surface area contributed by atoms with Crippen molar-refractivity contribution in [2.45, 2.75) is 45.8 Å². The molecule has 1 N–H and O–H groups in total. The predicted molar refractivity (Wildman–Crippen MR) is 129 cm³/mol. The molecule has 1 aliphatic rings. The molecule has 182 valence electrons. The van der Waals surface area contributed by atoms with Crippen LogP contribution in [0.4, 0.5) is 10.5 Å². The number of likely N-dealkylation sites (tertiary alicyclic amines) is 1. The number of benzene rings is 1. The summed E-state index contributed by atoms with van der Waals surface area (Å²) >= 11 is 0. The summed E-state index contributed by atoms with van der Waals surface area (Å²) in [7, 11) is 1.69. The van der Waals surface area contributed by atoms with E-state index in [1.165, 1.54) is 6.33 Å². The Morgan fingerprint density at radius 2 is 2.03 bits per heavy atom. The molecule has 1 fully saturated rings. The van der Waals surface area contributed by atoms with E-state index in [9.17, 15) is 4.79 Å². The maximum absolute atomic E-state index is 12.1. The van der Waals surface area contributed by atoms with E-state index in [4.69, 9.17) is 14.2 Å². The van der Waals surface area contributed by atoms with E-state index in [1.54, 1.807) is 18.2 Å². The highest BCUT2D eigenvalue weighted by Gasteiger charge is 2.26. The summed E-state index contributed by atoms with van der Waals surface area (Å²) in [5.41, 5.74) is 3.71.